The molecule has 0 radical (unpaired) electrons. The molecule has 1 fully saturated rings. The molecule has 40 heavy (non-hydrogen) atoms. The number of aryl methyl sites for hydroxylation is 4. The van der Waals surface area contributed by atoms with Crippen molar-refractivity contribution in [3.8, 4) is 0 Å². The SMILES string of the molecule is Cc1c(CN2CCC(Nc3ncnc4sc(CC(F)(F)F)cc34)CC2)ccc2c1cc(C)n2CCn1cccn1. The maximum Gasteiger partial charge on any atom is 0.393 e. The first-order valence-corrected chi connectivity index (χ1v) is 14.4. The standard InChI is InChI=1S/C29H32F3N7S/c1-19-14-24-20(2)21(4-5-26(24)39(19)13-12-38-9-3-8-35-38)17-37-10-6-22(7-11-37)36-27-25-15-23(16-29(30,31)32)40-28(25)34-18-33-27/h3-5,8-9,14-15,18,22H,6-7,10-13,16-17H2,1-2H3,(H,33,34,36). The lowest BCUT2D eigenvalue weighted by Crippen LogP contribution is -2.39. The molecule has 0 aliphatic carbocycles. The molecule has 6 rings (SSSR count). The minimum Gasteiger partial charge on any atom is -0.367 e. The van der Waals surface area contributed by atoms with Gasteiger partial charge in [0.1, 0.15) is 17.0 Å². The van der Waals surface area contributed by atoms with Gasteiger partial charge in [-0.25, -0.2) is 9.97 Å². The summed E-state index contributed by atoms with van der Waals surface area (Å²) in [6, 6.07) is 10.5. The van der Waals surface area contributed by atoms with Crippen LogP contribution in [-0.2, 0) is 26.1 Å². The summed E-state index contributed by atoms with van der Waals surface area (Å²) in [5.41, 5.74) is 5.19. The van der Waals surface area contributed by atoms with Gasteiger partial charge < -0.3 is 9.88 Å². The molecular weight excluding hydrogens is 535 g/mol. The van der Waals surface area contributed by atoms with Gasteiger partial charge in [-0.3, -0.25) is 9.58 Å². The predicted octanol–water partition coefficient (Wildman–Crippen LogP) is 6.34. The Kier molecular flexibility index (Phi) is 7.26. The lowest BCUT2D eigenvalue weighted by molar-refractivity contribution is -0.126. The zero-order valence-electron chi connectivity index (χ0n) is 22.6. The van der Waals surface area contributed by atoms with Gasteiger partial charge in [0.25, 0.3) is 0 Å². The monoisotopic (exact) mass is 567 g/mol. The van der Waals surface area contributed by atoms with E-state index in [0.29, 0.717) is 16.0 Å². The fourth-order valence-electron chi connectivity index (χ4n) is 5.73. The van der Waals surface area contributed by atoms with Crippen LogP contribution in [0.3, 0.4) is 0 Å². The van der Waals surface area contributed by atoms with Crippen molar-refractivity contribution in [3.63, 3.8) is 0 Å². The Morgan fingerprint density at radius 1 is 1.05 bits per heavy atom. The molecule has 5 heterocycles. The lowest BCUT2D eigenvalue weighted by atomic mass is 10.0. The van der Waals surface area contributed by atoms with Crippen molar-refractivity contribution in [1.82, 2.24) is 29.2 Å². The molecule has 5 aromatic rings. The van der Waals surface area contributed by atoms with Crippen LogP contribution >= 0.6 is 11.3 Å². The molecule has 1 N–H and O–H groups in total. The number of alkyl halides is 3. The van der Waals surface area contributed by atoms with Crippen molar-refractivity contribution in [2.75, 3.05) is 18.4 Å². The van der Waals surface area contributed by atoms with Crippen LogP contribution in [0.1, 0.15) is 34.5 Å². The third-order valence-corrected chi connectivity index (χ3v) is 8.91. The van der Waals surface area contributed by atoms with E-state index in [9.17, 15) is 13.2 Å². The summed E-state index contributed by atoms with van der Waals surface area (Å²) < 4.78 is 43.0. The summed E-state index contributed by atoms with van der Waals surface area (Å²) in [5, 5.41) is 9.79. The van der Waals surface area contributed by atoms with Crippen molar-refractivity contribution in [2.45, 2.75) is 65.0 Å². The molecule has 0 amide bonds. The number of fused-ring (bicyclic) bond motifs is 2. The largest absolute Gasteiger partial charge is 0.393 e. The topological polar surface area (TPSA) is 63.8 Å². The van der Waals surface area contributed by atoms with Crippen molar-refractivity contribution in [3.05, 3.63) is 70.8 Å². The molecule has 1 aliphatic rings. The number of piperidine rings is 1. The number of benzene rings is 1. The zero-order chi connectivity index (χ0) is 27.9. The number of anilines is 1. The average molecular weight is 568 g/mol. The maximum absolute atomic E-state index is 12.9. The van der Waals surface area contributed by atoms with Gasteiger partial charge in [0, 0.05) is 66.1 Å². The van der Waals surface area contributed by atoms with Crippen LogP contribution in [0, 0.1) is 13.8 Å². The first-order chi connectivity index (χ1) is 19.2. The van der Waals surface area contributed by atoms with Gasteiger partial charge in [-0.05, 0) is 62.1 Å². The summed E-state index contributed by atoms with van der Waals surface area (Å²) in [6.45, 7) is 8.88. The molecule has 4 aromatic heterocycles. The van der Waals surface area contributed by atoms with E-state index in [0.717, 1.165) is 56.9 Å². The Balaban J connectivity index is 1.09. The highest BCUT2D eigenvalue weighted by Gasteiger charge is 2.29. The van der Waals surface area contributed by atoms with E-state index in [1.54, 1.807) is 6.07 Å². The number of hydrogen-bond donors (Lipinski definition) is 1. The molecule has 11 heteroatoms. The fourth-order valence-corrected chi connectivity index (χ4v) is 6.76. The second kappa shape index (κ2) is 10.9. The summed E-state index contributed by atoms with van der Waals surface area (Å²) in [7, 11) is 0. The van der Waals surface area contributed by atoms with Gasteiger partial charge in [0.05, 0.1) is 18.4 Å². The van der Waals surface area contributed by atoms with Gasteiger partial charge in [-0.2, -0.15) is 18.3 Å². The molecule has 0 unspecified atom stereocenters. The molecule has 1 aromatic carbocycles. The number of halogens is 3. The van der Waals surface area contributed by atoms with Crippen LogP contribution in [0.15, 0.2) is 49.1 Å². The first kappa shape index (κ1) is 26.8. The van der Waals surface area contributed by atoms with Crippen LogP contribution in [0.5, 0.6) is 0 Å². The number of thiophene rings is 1. The molecular formula is C29H32F3N7S. The van der Waals surface area contributed by atoms with E-state index in [1.807, 2.05) is 23.1 Å². The number of nitrogens with one attached hydrogen (secondary N) is 1. The van der Waals surface area contributed by atoms with Crippen LogP contribution in [0.25, 0.3) is 21.1 Å². The highest BCUT2D eigenvalue weighted by molar-refractivity contribution is 7.18. The summed E-state index contributed by atoms with van der Waals surface area (Å²) in [5.74, 6) is 0.627. The normalized spacial score (nSPS) is 15.4. The maximum atomic E-state index is 12.9. The van der Waals surface area contributed by atoms with E-state index < -0.39 is 12.6 Å². The van der Waals surface area contributed by atoms with E-state index in [2.05, 4.69) is 61.9 Å². The zero-order valence-corrected chi connectivity index (χ0v) is 23.4. The molecule has 1 aliphatic heterocycles. The van der Waals surface area contributed by atoms with Crippen molar-refractivity contribution < 1.29 is 13.2 Å². The smallest absolute Gasteiger partial charge is 0.367 e. The number of nitrogens with zero attached hydrogens (tertiary/aromatic N) is 6. The molecule has 0 atom stereocenters. The number of rotatable bonds is 8. The van der Waals surface area contributed by atoms with Gasteiger partial charge >= 0.3 is 6.18 Å². The van der Waals surface area contributed by atoms with E-state index in [1.165, 1.54) is 34.1 Å². The van der Waals surface area contributed by atoms with E-state index >= 15 is 0 Å². The molecule has 0 saturated carbocycles. The van der Waals surface area contributed by atoms with Crippen molar-refractivity contribution in [2.24, 2.45) is 0 Å². The summed E-state index contributed by atoms with van der Waals surface area (Å²) >= 11 is 1.08. The van der Waals surface area contributed by atoms with Gasteiger partial charge in [-0.1, -0.05) is 6.07 Å². The minimum absolute atomic E-state index is 0.218. The number of hydrogen-bond acceptors (Lipinski definition) is 6. The van der Waals surface area contributed by atoms with Crippen LogP contribution < -0.4 is 5.32 Å². The summed E-state index contributed by atoms with van der Waals surface area (Å²) in [6.07, 6.45) is 1.94. The lowest BCUT2D eigenvalue weighted by Gasteiger charge is -2.33. The van der Waals surface area contributed by atoms with Crippen LogP contribution in [0.4, 0.5) is 19.0 Å². The van der Waals surface area contributed by atoms with E-state index in [-0.39, 0.29) is 10.9 Å². The third kappa shape index (κ3) is 5.71. The van der Waals surface area contributed by atoms with Crippen molar-refractivity contribution in [1.29, 1.82) is 0 Å². The van der Waals surface area contributed by atoms with Gasteiger partial charge in [0.15, 0.2) is 0 Å². The van der Waals surface area contributed by atoms with Crippen molar-refractivity contribution >= 4 is 38.3 Å². The number of likely N-dealkylation sites (tertiary alicyclic amines) is 1. The Morgan fingerprint density at radius 2 is 1.88 bits per heavy atom. The number of aromatic nitrogens is 5. The third-order valence-electron chi connectivity index (χ3n) is 7.86. The molecule has 210 valence electrons. The highest BCUT2D eigenvalue weighted by atomic mass is 32.1. The highest BCUT2D eigenvalue weighted by Crippen LogP contribution is 2.33. The van der Waals surface area contributed by atoms with Gasteiger partial charge in [-0.15, -0.1) is 11.3 Å². The van der Waals surface area contributed by atoms with Crippen LogP contribution in [0.2, 0.25) is 0 Å². The average Bonchev–Trinajstić information content (AvgIpc) is 3.64. The van der Waals surface area contributed by atoms with Gasteiger partial charge in [0.2, 0.25) is 0 Å². The quantitative estimate of drug-likeness (QED) is 0.237. The molecule has 0 spiro atoms. The first-order valence-electron chi connectivity index (χ1n) is 13.6. The Morgan fingerprint density at radius 3 is 2.62 bits per heavy atom. The summed E-state index contributed by atoms with van der Waals surface area (Å²) in [4.78, 5) is 11.9. The Labute approximate surface area is 234 Å². The second-order valence-corrected chi connectivity index (χ2v) is 11.7. The minimum atomic E-state index is -4.24. The molecule has 1 saturated heterocycles. The predicted molar refractivity (Wildman–Crippen MR) is 153 cm³/mol. The Hall–Kier alpha value is -3.44. The molecule has 0 bridgehead atoms. The van der Waals surface area contributed by atoms with Crippen LogP contribution in [-0.4, -0.2) is 54.5 Å². The molecule has 7 nitrogen and oxygen atoms in total. The Bertz CT molecular complexity index is 1610. The van der Waals surface area contributed by atoms with E-state index in [4.69, 9.17) is 0 Å². The fraction of sp³-hybridized carbons (Fsp3) is 0.414. The second-order valence-electron chi connectivity index (χ2n) is 10.6.